The maximum absolute atomic E-state index is 12.2. The Hall–Kier alpha value is -1.03. The van der Waals surface area contributed by atoms with Crippen LogP contribution in [-0.4, -0.2) is 40.9 Å². The first-order valence-corrected chi connectivity index (χ1v) is 7.34. The van der Waals surface area contributed by atoms with Gasteiger partial charge < -0.3 is 9.47 Å². The number of nitrogens with zero attached hydrogens (tertiary/aromatic N) is 1. The van der Waals surface area contributed by atoms with Crippen molar-refractivity contribution >= 4 is 6.09 Å². The minimum Gasteiger partial charge on any atom is -0.450 e. The molecule has 1 fully saturated rings. The summed E-state index contributed by atoms with van der Waals surface area (Å²) in [6.45, 7) is 15.4. The van der Waals surface area contributed by atoms with Gasteiger partial charge >= 0.3 is 6.09 Å². The average Bonchev–Trinajstić information content (AvgIpc) is 2.31. The molecule has 1 saturated heterocycles. The van der Waals surface area contributed by atoms with E-state index in [9.17, 15) is 4.79 Å². The molecule has 4 nitrogen and oxygen atoms in total. The minimum atomic E-state index is -0.418. The number of rotatable bonds is 1. The third-order valence-corrected chi connectivity index (χ3v) is 5.34. The Labute approximate surface area is 122 Å². The lowest BCUT2D eigenvalue weighted by atomic mass is 9.57. The second kappa shape index (κ2) is 4.23. The molecule has 2 aliphatic rings. The Balaban J connectivity index is 2.32. The van der Waals surface area contributed by atoms with E-state index in [1.54, 1.807) is 4.90 Å². The lowest BCUT2D eigenvalue weighted by Gasteiger charge is -2.68. The number of carbonyl (C=O) groups is 1. The first kappa shape index (κ1) is 15.4. The van der Waals surface area contributed by atoms with Crippen LogP contribution >= 0.6 is 0 Å². The van der Waals surface area contributed by atoms with Crippen LogP contribution in [-0.2, 0) is 9.47 Å². The number of hydrogen-bond donors (Lipinski definition) is 0. The van der Waals surface area contributed by atoms with Crippen LogP contribution in [0.5, 0.6) is 0 Å². The highest BCUT2D eigenvalue weighted by molar-refractivity contribution is 5.70. The van der Waals surface area contributed by atoms with Gasteiger partial charge in [0.1, 0.15) is 5.60 Å². The summed E-state index contributed by atoms with van der Waals surface area (Å²) in [6, 6.07) is 0. The molecule has 0 aliphatic carbocycles. The lowest BCUT2D eigenvalue weighted by Crippen LogP contribution is -2.76. The van der Waals surface area contributed by atoms with Crippen LogP contribution < -0.4 is 0 Å². The van der Waals surface area contributed by atoms with Gasteiger partial charge in [-0.15, -0.1) is 0 Å². The molecule has 114 valence electrons. The van der Waals surface area contributed by atoms with Crippen LogP contribution in [0.3, 0.4) is 0 Å². The SMILES string of the molecule is CCOC(=O)N1CC2(C=CC1(C)C)OC(C)(C)C2(C)C. The van der Waals surface area contributed by atoms with Crippen molar-refractivity contribution in [1.29, 1.82) is 0 Å². The summed E-state index contributed by atoms with van der Waals surface area (Å²) in [5.41, 5.74) is -1.01. The molecule has 2 rings (SSSR count). The maximum Gasteiger partial charge on any atom is 0.410 e. The summed E-state index contributed by atoms with van der Waals surface area (Å²) in [6.07, 6.45) is 3.92. The van der Waals surface area contributed by atoms with Gasteiger partial charge in [-0.05, 0) is 34.6 Å². The molecule has 0 bridgehead atoms. The molecule has 4 heteroatoms. The number of hydrogen-bond acceptors (Lipinski definition) is 3. The molecule has 0 saturated carbocycles. The molecular weight excluding hydrogens is 254 g/mol. The van der Waals surface area contributed by atoms with Crippen LogP contribution in [0.2, 0.25) is 0 Å². The van der Waals surface area contributed by atoms with Gasteiger partial charge in [0.25, 0.3) is 0 Å². The zero-order valence-electron chi connectivity index (χ0n) is 13.7. The maximum atomic E-state index is 12.2. The van der Waals surface area contributed by atoms with E-state index in [1.807, 2.05) is 20.8 Å². The zero-order valence-corrected chi connectivity index (χ0v) is 13.7. The highest BCUT2D eigenvalue weighted by atomic mass is 16.6. The van der Waals surface area contributed by atoms with Crippen molar-refractivity contribution in [1.82, 2.24) is 4.90 Å². The van der Waals surface area contributed by atoms with Crippen molar-refractivity contribution in [2.75, 3.05) is 13.2 Å². The molecular formula is C16H27NO3. The Morgan fingerprint density at radius 1 is 1.20 bits per heavy atom. The van der Waals surface area contributed by atoms with E-state index in [4.69, 9.17) is 9.47 Å². The van der Waals surface area contributed by atoms with E-state index in [0.29, 0.717) is 13.2 Å². The monoisotopic (exact) mass is 281 g/mol. The van der Waals surface area contributed by atoms with E-state index >= 15 is 0 Å². The van der Waals surface area contributed by atoms with Gasteiger partial charge in [-0.2, -0.15) is 0 Å². The molecule has 1 amide bonds. The largest absolute Gasteiger partial charge is 0.450 e. The molecule has 1 spiro atoms. The topological polar surface area (TPSA) is 38.8 Å². The fourth-order valence-electron chi connectivity index (χ4n) is 3.07. The highest BCUT2D eigenvalue weighted by Gasteiger charge is 2.67. The average molecular weight is 281 g/mol. The summed E-state index contributed by atoms with van der Waals surface area (Å²) < 4.78 is 11.4. The van der Waals surface area contributed by atoms with Gasteiger partial charge in [-0.1, -0.05) is 26.0 Å². The van der Waals surface area contributed by atoms with Crippen LogP contribution in [0.15, 0.2) is 12.2 Å². The summed E-state index contributed by atoms with van der Waals surface area (Å²) in [4.78, 5) is 14.0. The predicted octanol–water partition coefficient (Wildman–Crippen LogP) is 3.37. The van der Waals surface area contributed by atoms with Gasteiger partial charge in [0, 0.05) is 5.41 Å². The van der Waals surface area contributed by atoms with E-state index in [1.165, 1.54) is 0 Å². The minimum absolute atomic E-state index is 0.0439. The molecule has 0 N–H and O–H groups in total. The Morgan fingerprint density at radius 2 is 1.80 bits per heavy atom. The first-order chi connectivity index (χ1) is 8.99. The Bertz CT molecular complexity index is 451. The summed E-state index contributed by atoms with van der Waals surface area (Å²) >= 11 is 0. The number of ether oxygens (including phenoxy) is 2. The van der Waals surface area contributed by atoms with Crippen molar-refractivity contribution in [3.63, 3.8) is 0 Å². The van der Waals surface area contributed by atoms with Crippen LogP contribution in [0, 0.1) is 5.41 Å². The summed E-state index contributed by atoms with van der Waals surface area (Å²) in [5.74, 6) is 0. The van der Waals surface area contributed by atoms with Crippen molar-refractivity contribution in [3.05, 3.63) is 12.2 Å². The van der Waals surface area contributed by atoms with E-state index < -0.39 is 5.60 Å². The first-order valence-electron chi connectivity index (χ1n) is 7.34. The van der Waals surface area contributed by atoms with E-state index in [0.717, 1.165) is 0 Å². The quantitative estimate of drug-likeness (QED) is 0.692. The van der Waals surface area contributed by atoms with E-state index in [2.05, 4.69) is 39.8 Å². The molecule has 1 unspecified atom stereocenters. The molecule has 1 atom stereocenters. The van der Waals surface area contributed by atoms with Gasteiger partial charge in [0.05, 0.1) is 24.3 Å². The molecule has 0 aromatic heterocycles. The van der Waals surface area contributed by atoms with Gasteiger partial charge in [0.2, 0.25) is 0 Å². The van der Waals surface area contributed by atoms with Gasteiger partial charge in [-0.25, -0.2) is 4.79 Å². The fourth-order valence-corrected chi connectivity index (χ4v) is 3.07. The molecule has 0 radical (unpaired) electrons. The lowest BCUT2D eigenvalue weighted by molar-refractivity contribution is -0.339. The third kappa shape index (κ3) is 1.88. The Morgan fingerprint density at radius 3 is 2.25 bits per heavy atom. The second-order valence-electron chi connectivity index (χ2n) is 7.40. The highest BCUT2D eigenvalue weighted by Crippen LogP contribution is 2.59. The fraction of sp³-hybridized carbons (Fsp3) is 0.812. The summed E-state index contributed by atoms with van der Waals surface area (Å²) in [7, 11) is 0. The van der Waals surface area contributed by atoms with Crippen molar-refractivity contribution in [2.24, 2.45) is 5.41 Å². The molecule has 0 aromatic rings. The molecule has 2 heterocycles. The number of amides is 1. The van der Waals surface area contributed by atoms with Crippen molar-refractivity contribution in [2.45, 2.75) is 65.2 Å². The molecule has 0 aromatic carbocycles. The van der Waals surface area contributed by atoms with Gasteiger partial charge in [0.15, 0.2) is 0 Å². The molecule has 20 heavy (non-hydrogen) atoms. The smallest absolute Gasteiger partial charge is 0.410 e. The standard InChI is InChI=1S/C16H27NO3/c1-8-19-12(18)17-11-16(10-9-13(17,2)3)14(4,5)15(6,7)20-16/h9-10H,8,11H2,1-7H3. The number of carbonyl (C=O) groups excluding carboxylic acids is 1. The van der Waals surface area contributed by atoms with E-state index in [-0.39, 0.29) is 22.6 Å². The third-order valence-electron chi connectivity index (χ3n) is 5.34. The Kier molecular flexibility index (Phi) is 3.25. The summed E-state index contributed by atoms with van der Waals surface area (Å²) in [5, 5.41) is 0. The van der Waals surface area contributed by atoms with Crippen LogP contribution in [0.4, 0.5) is 4.79 Å². The van der Waals surface area contributed by atoms with Crippen LogP contribution in [0.1, 0.15) is 48.5 Å². The normalized spacial score (nSPS) is 32.9. The predicted molar refractivity (Wildman–Crippen MR) is 78.6 cm³/mol. The van der Waals surface area contributed by atoms with Crippen LogP contribution in [0.25, 0.3) is 0 Å². The second-order valence-corrected chi connectivity index (χ2v) is 7.40. The van der Waals surface area contributed by atoms with Gasteiger partial charge in [-0.3, -0.25) is 4.90 Å². The molecule has 2 aliphatic heterocycles. The van der Waals surface area contributed by atoms with Crippen molar-refractivity contribution in [3.8, 4) is 0 Å². The zero-order chi connectivity index (χ0) is 15.4. The van der Waals surface area contributed by atoms with Crippen molar-refractivity contribution < 1.29 is 14.3 Å².